The minimum absolute atomic E-state index is 0.109. The number of rotatable bonds is 8. The van der Waals surface area contributed by atoms with E-state index in [1.54, 1.807) is 35.3 Å². The van der Waals surface area contributed by atoms with Gasteiger partial charge >= 0.3 is 0 Å². The van der Waals surface area contributed by atoms with Gasteiger partial charge in [-0.25, -0.2) is 0 Å². The maximum atomic E-state index is 9.17. The van der Waals surface area contributed by atoms with Gasteiger partial charge in [-0.3, -0.25) is 0 Å². The number of hydrogen-bond acceptors (Lipinski definition) is 5. The van der Waals surface area contributed by atoms with E-state index in [4.69, 9.17) is 0 Å². The molecular weight excluding hydrogens is 960 g/mol. The Morgan fingerprint density at radius 2 is 0.690 bits per heavy atom. The molecular formula is C16H10Br8O2S3. The molecule has 2 N–H and O–H groups in total. The van der Waals surface area contributed by atoms with Crippen LogP contribution in [0.15, 0.2) is 55.4 Å². The lowest BCUT2D eigenvalue weighted by atomic mass is 10.3. The van der Waals surface area contributed by atoms with E-state index in [1.807, 2.05) is 0 Å². The predicted octanol–water partition coefficient (Wildman–Crippen LogP) is 10.1. The van der Waals surface area contributed by atoms with Crippen LogP contribution < -0.4 is 0 Å². The first kappa shape index (κ1) is 28.5. The number of hydrogen-bond donors (Lipinski definition) is 2. The summed E-state index contributed by atoms with van der Waals surface area (Å²) >= 11 is 34.3. The van der Waals surface area contributed by atoms with Gasteiger partial charge in [0.05, 0.1) is 13.2 Å². The first-order chi connectivity index (χ1) is 13.7. The third-order valence-electron chi connectivity index (χ3n) is 3.25. The van der Waals surface area contributed by atoms with Gasteiger partial charge in [-0.15, -0.1) is 23.5 Å². The van der Waals surface area contributed by atoms with Crippen molar-refractivity contribution in [3.05, 3.63) is 35.8 Å². The van der Waals surface area contributed by atoms with E-state index >= 15 is 0 Å². The number of aliphatic hydroxyl groups excluding tert-OH is 2. The molecule has 0 saturated heterocycles. The first-order valence-corrected chi connectivity index (χ1v) is 16.7. The summed E-state index contributed by atoms with van der Waals surface area (Å²) in [7, 11) is 0. The maximum Gasteiger partial charge on any atom is 0.0525 e. The smallest absolute Gasteiger partial charge is 0.0525 e. The molecule has 2 nitrogen and oxygen atoms in total. The van der Waals surface area contributed by atoms with Crippen LogP contribution in [0.5, 0.6) is 0 Å². The zero-order valence-corrected chi connectivity index (χ0v) is 29.1. The van der Waals surface area contributed by atoms with Crippen LogP contribution in [0.1, 0.15) is 0 Å². The van der Waals surface area contributed by atoms with Crippen LogP contribution in [-0.2, 0) is 0 Å². The van der Waals surface area contributed by atoms with Gasteiger partial charge in [0.1, 0.15) is 0 Å². The van der Waals surface area contributed by atoms with Crippen molar-refractivity contribution in [3.63, 3.8) is 0 Å². The van der Waals surface area contributed by atoms with Gasteiger partial charge < -0.3 is 10.2 Å². The van der Waals surface area contributed by atoms with Gasteiger partial charge in [0.2, 0.25) is 0 Å². The molecule has 160 valence electrons. The second kappa shape index (κ2) is 13.4. The lowest BCUT2D eigenvalue weighted by Gasteiger charge is -2.19. The van der Waals surface area contributed by atoms with Gasteiger partial charge in [0.25, 0.3) is 0 Å². The molecule has 0 amide bonds. The molecule has 0 atom stereocenters. The van der Waals surface area contributed by atoms with E-state index in [1.165, 1.54) is 0 Å². The average Bonchev–Trinajstić information content (AvgIpc) is 2.70. The molecule has 0 radical (unpaired) electrons. The van der Waals surface area contributed by atoms with Crippen LogP contribution in [0.25, 0.3) is 0 Å². The molecule has 13 heteroatoms. The fourth-order valence-corrected chi connectivity index (χ4v) is 12.1. The highest BCUT2D eigenvalue weighted by Crippen LogP contribution is 2.55. The Balaban J connectivity index is 2.58. The molecule has 2 aromatic rings. The largest absolute Gasteiger partial charge is 0.396 e. The fraction of sp³-hybridized carbons (Fsp3) is 0.250. The molecule has 0 heterocycles. The van der Waals surface area contributed by atoms with E-state index in [9.17, 15) is 10.2 Å². The van der Waals surface area contributed by atoms with Crippen LogP contribution in [0, 0.1) is 0 Å². The number of halogens is 8. The van der Waals surface area contributed by atoms with Crippen molar-refractivity contribution < 1.29 is 10.2 Å². The first-order valence-electron chi connectivity index (χ1n) is 7.54. The molecule has 0 aliphatic heterocycles. The highest BCUT2D eigenvalue weighted by molar-refractivity contribution is 9.14. The van der Waals surface area contributed by atoms with Gasteiger partial charge in [-0.05, 0) is 127 Å². The zero-order chi connectivity index (χ0) is 21.9. The molecule has 0 spiro atoms. The quantitative estimate of drug-likeness (QED) is 0.204. The van der Waals surface area contributed by atoms with Crippen LogP contribution in [0.3, 0.4) is 0 Å². The summed E-state index contributed by atoms with van der Waals surface area (Å²) in [6.07, 6.45) is 0. The van der Waals surface area contributed by atoms with Crippen molar-refractivity contribution in [2.24, 2.45) is 0 Å². The predicted molar refractivity (Wildman–Crippen MR) is 154 cm³/mol. The van der Waals surface area contributed by atoms with Gasteiger partial charge in [-0.2, -0.15) is 0 Å². The molecule has 0 saturated carbocycles. The van der Waals surface area contributed by atoms with Crippen molar-refractivity contribution in [2.75, 3.05) is 24.7 Å². The summed E-state index contributed by atoms with van der Waals surface area (Å²) in [5, 5.41) is 18.3. The molecule has 0 bridgehead atoms. The Morgan fingerprint density at radius 3 is 0.931 bits per heavy atom. The number of benzene rings is 2. The number of aliphatic hydroxyl groups is 2. The van der Waals surface area contributed by atoms with Gasteiger partial charge in [-0.1, -0.05) is 11.8 Å². The second-order valence-corrected chi connectivity index (χ2v) is 14.6. The highest BCUT2D eigenvalue weighted by atomic mass is 79.9. The monoisotopic (exact) mass is 961 g/mol. The minimum Gasteiger partial charge on any atom is -0.396 e. The Kier molecular flexibility index (Phi) is 13.1. The van der Waals surface area contributed by atoms with E-state index < -0.39 is 0 Å². The molecule has 0 aliphatic carbocycles. The van der Waals surface area contributed by atoms with E-state index in [0.29, 0.717) is 11.5 Å². The van der Waals surface area contributed by atoms with Crippen LogP contribution in [0.4, 0.5) is 0 Å². The molecule has 0 aliphatic rings. The zero-order valence-electron chi connectivity index (χ0n) is 14.0. The Morgan fingerprint density at radius 1 is 0.448 bits per heavy atom. The second-order valence-electron chi connectivity index (χ2n) is 5.07. The van der Waals surface area contributed by atoms with E-state index in [0.717, 1.165) is 55.4 Å². The fourth-order valence-electron chi connectivity index (χ4n) is 2.01. The molecule has 2 aromatic carbocycles. The molecule has 0 unspecified atom stereocenters. The number of thioether (sulfide) groups is 2. The Labute approximate surface area is 249 Å². The van der Waals surface area contributed by atoms with Crippen molar-refractivity contribution in [2.45, 2.75) is 19.6 Å². The Bertz CT molecular complexity index is 795. The van der Waals surface area contributed by atoms with Crippen molar-refractivity contribution >= 4 is 163 Å². The molecule has 29 heavy (non-hydrogen) atoms. The third kappa shape index (κ3) is 6.68. The summed E-state index contributed by atoms with van der Waals surface area (Å²) in [5.41, 5.74) is 0. The summed E-state index contributed by atoms with van der Waals surface area (Å²) in [4.78, 5) is 4.01. The highest BCUT2D eigenvalue weighted by Gasteiger charge is 2.25. The lowest BCUT2D eigenvalue weighted by molar-refractivity contribution is 0.322. The standard InChI is InChI=1S/C16H10Br8O2S3/c17-5-9(21)15(10(22)6(18)13(5)27-3-1-25)29-16-11(23)7(19)14(28-4-2-26)8(20)12(16)24/h25-26H,1-4H2. The average molecular weight is 970 g/mol. The Hall–Kier alpha value is 3.25. The molecule has 0 fully saturated rings. The summed E-state index contributed by atoms with van der Waals surface area (Å²) in [6.45, 7) is 0.218. The van der Waals surface area contributed by atoms with Crippen molar-refractivity contribution in [1.29, 1.82) is 0 Å². The van der Waals surface area contributed by atoms with Crippen molar-refractivity contribution in [3.8, 4) is 0 Å². The van der Waals surface area contributed by atoms with Crippen LogP contribution in [0.2, 0.25) is 0 Å². The molecule has 2 rings (SSSR count). The van der Waals surface area contributed by atoms with Crippen LogP contribution in [-0.4, -0.2) is 34.9 Å². The summed E-state index contributed by atoms with van der Waals surface area (Å²) in [5.74, 6) is 1.21. The normalized spacial score (nSPS) is 11.4. The third-order valence-corrected chi connectivity index (χ3v) is 17.2. The lowest BCUT2D eigenvalue weighted by Crippen LogP contribution is -1.94. The maximum absolute atomic E-state index is 9.17. The molecule has 0 aromatic heterocycles. The topological polar surface area (TPSA) is 40.5 Å². The SMILES string of the molecule is OCCSc1c(Br)c(Br)c(Sc2c(Br)c(Br)c(SCCO)c(Br)c2Br)c(Br)c1Br. The van der Waals surface area contributed by atoms with Crippen molar-refractivity contribution in [1.82, 2.24) is 0 Å². The van der Waals surface area contributed by atoms with Crippen LogP contribution >= 0.6 is 163 Å². The van der Waals surface area contributed by atoms with Gasteiger partial charge in [0.15, 0.2) is 0 Å². The minimum atomic E-state index is 0.109. The van der Waals surface area contributed by atoms with E-state index in [-0.39, 0.29) is 13.2 Å². The summed E-state index contributed by atoms with van der Waals surface area (Å²) in [6, 6.07) is 0. The van der Waals surface area contributed by atoms with Gasteiger partial charge in [0, 0.05) is 66.9 Å². The van der Waals surface area contributed by atoms with E-state index in [2.05, 4.69) is 127 Å². The summed E-state index contributed by atoms with van der Waals surface area (Å²) < 4.78 is 7.38.